The van der Waals surface area contributed by atoms with Crippen molar-refractivity contribution in [2.24, 2.45) is 5.10 Å². The molecule has 0 heterocycles. The molecule has 0 aliphatic heterocycles. The van der Waals surface area contributed by atoms with Gasteiger partial charge in [0.2, 0.25) is 0 Å². The van der Waals surface area contributed by atoms with Gasteiger partial charge in [0.1, 0.15) is 6.04 Å². The number of carbonyl (C=O) groups is 1. The molecule has 4 nitrogen and oxygen atoms in total. The zero-order valence-electron chi connectivity index (χ0n) is 14.7. The molecule has 0 fully saturated rings. The van der Waals surface area contributed by atoms with E-state index in [0.717, 1.165) is 22.3 Å². The van der Waals surface area contributed by atoms with Gasteiger partial charge in [0, 0.05) is 10.7 Å². The number of nitrogens with zero attached hydrogens (tertiary/aromatic N) is 1. The van der Waals surface area contributed by atoms with Crippen LogP contribution in [0.2, 0.25) is 5.02 Å². The number of halogens is 1. The summed E-state index contributed by atoms with van der Waals surface area (Å²) in [7, 11) is 0. The summed E-state index contributed by atoms with van der Waals surface area (Å²) in [5.41, 5.74) is 5.17. The first-order valence-corrected chi connectivity index (χ1v) is 8.76. The van der Waals surface area contributed by atoms with E-state index in [4.69, 9.17) is 11.6 Å². The minimum Gasteiger partial charge on any atom is -0.374 e. The number of benzene rings is 3. The molecular weight excluding hydrogens is 346 g/mol. The normalized spacial score (nSPS) is 12.7. The Labute approximate surface area is 157 Å². The molecule has 0 spiro atoms. The fourth-order valence-corrected chi connectivity index (χ4v) is 2.70. The maximum atomic E-state index is 12.3. The van der Waals surface area contributed by atoms with Crippen molar-refractivity contribution < 1.29 is 4.79 Å². The average Bonchev–Trinajstić information content (AvgIpc) is 2.67. The van der Waals surface area contributed by atoms with Gasteiger partial charge in [-0.05, 0) is 60.5 Å². The molecule has 1 atom stereocenters. The summed E-state index contributed by atoms with van der Waals surface area (Å²) < 4.78 is 0. The molecule has 1 amide bonds. The van der Waals surface area contributed by atoms with Gasteiger partial charge < -0.3 is 5.32 Å². The highest BCUT2D eigenvalue weighted by Gasteiger charge is 2.12. The van der Waals surface area contributed by atoms with E-state index in [0.29, 0.717) is 5.02 Å². The topological polar surface area (TPSA) is 53.5 Å². The van der Waals surface area contributed by atoms with Gasteiger partial charge in [-0.3, -0.25) is 4.79 Å². The second-order valence-electron chi connectivity index (χ2n) is 6.11. The Kier molecular flexibility index (Phi) is 5.54. The number of amides is 1. The Balaban J connectivity index is 1.65. The van der Waals surface area contributed by atoms with Gasteiger partial charge in [-0.1, -0.05) is 48.0 Å². The zero-order valence-corrected chi connectivity index (χ0v) is 15.4. The first-order chi connectivity index (χ1) is 12.5. The third-order valence-corrected chi connectivity index (χ3v) is 4.37. The largest absolute Gasteiger partial charge is 0.374 e. The molecule has 3 aromatic carbocycles. The number of nitrogens with one attached hydrogen (secondary N) is 2. The predicted molar refractivity (Wildman–Crippen MR) is 109 cm³/mol. The van der Waals surface area contributed by atoms with Gasteiger partial charge in [-0.25, -0.2) is 5.43 Å². The number of carbonyl (C=O) groups excluding carboxylic acids is 1. The Bertz CT molecular complexity index is 951. The van der Waals surface area contributed by atoms with E-state index in [9.17, 15) is 4.79 Å². The summed E-state index contributed by atoms with van der Waals surface area (Å²) in [4.78, 5) is 12.3. The minimum atomic E-state index is -0.427. The van der Waals surface area contributed by atoms with Gasteiger partial charge in [-0.2, -0.15) is 5.10 Å². The van der Waals surface area contributed by atoms with E-state index in [-0.39, 0.29) is 5.91 Å². The van der Waals surface area contributed by atoms with Crippen LogP contribution < -0.4 is 10.7 Å². The van der Waals surface area contributed by atoms with Gasteiger partial charge in [0.25, 0.3) is 5.91 Å². The molecule has 2 N–H and O–H groups in total. The molecule has 5 heteroatoms. The maximum Gasteiger partial charge on any atom is 0.262 e. The Morgan fingerprint density at radius 2 is 1.69 bits per heavy atom. The monoisotopic (exact) mass is 365 g/mol. The fraction of sp³-hybridized carbons (Fsp3) is 0.143. The van der Waals surface area contributed by atoms with Crippen molar-refractivity contribution in [2.45, 2.75) is 19.9 Å². The van der Waals surface area contributed by atoms with E-state index in [1.165, 1.54) is 5.39 Å². The molecule has 0 saturated carbocycles. The minimum absolute atomic E-state index is 0.208. The number of hydrogen-bond acceptors (Lipinski definition) is 3. The van der Waals surface area contributed by atoms with Crippen molar-refractivity contribution in [3.63, 3.8) is 0 Å². The van der Waals surface area contributed by atoms with Crippen LogP contribution in [-0.2, 0) is 4.79 Å². The van der Waals surface area contributed by atoms with Gasteiger partial charge in [-0.15, -0.1) is 0 Å². The molecule has 0 radical (unpaired) electrons. The van der Waals surface area contributed by atoms with Crippen LogP contribution >= 0.6 is 11.6 Å². The molecule has 132 valence electrons. The molecule has 26 heavy (non-hydrogen) atoms. The van der Waals surface area contributed by atoms with Gasteiger partial charge in [0.15, 0.2) is 0 Å². The zero-order chi connectivity index (χ0) is 18.5. The number of anilines is 1. The smallest absolute Gasteiger partial charge is 0.262 e. The predicted octanol–water partition coefficient (Wildman–Crippen LogP) is 4.83. The molecule has 0 bridgehead atoms. The highest BCUT2D eigenvalue weighted by Crippen LogP contribution is 2.16. The van der Waals surface area contributed by atoms with Crippen molar-refractivity contribution >= 4 is 39.7 Å². The number of rotatable bonds is 5. The lowest BCUT2D eigenvalue weighted by atomic mass is 10.0. The lowest BCUT2D eigenvalue weighted by molar-refractivity contribution is -0.121. The van der Waals surface area contributed by atoms with Crippen molar-refractivity contribution in [1.29, 1.82) is 0 Å². The first kappa shape index (κ1) is 18.0. The van der Waals surface area contributed by atoms with Crippen molar-refractivity contribution in [2.75, 3.05) is 5.32 Å². The third kappa shape index (κ3) is 4.41. The van der Waals surface area contributed by atoms with E-state index in [2.05, 4.69) is 40.1 Å². The lowest BCUT2D eigenvalue weighted by Gasteiger charge is -2.14. The van der Waals surface area contributed by atoms with E-state index in [1.54, 1.807) is 19.1 Å². The SMILES string of the molecule is CC(=NNC(=O)C(C)Nc1ccc(Cl)cc1)c1ccc2ccccc2c1. The average molecular weight is 366 g/mol. The number of hydrogen-bond donors (Lipinski definition) is 2. The van der Waals surface area contributed by atoms with E-state index < -0.39 is 6.04 Å². The molecule has 0 saturated heterocycles. The maximum absolute atomic E-state index is 12.3. The summed E-state index contributed by atoms with van der Waals surface area (Å²) in [6.07, 6.45) is 0. The fourth-order valence-electron chi connectivity index (χ4n) is 2.58. The summed E-state index contributed by atoms with van der Waals surface area (Å²) >= 11 is 5.87. The molecule has 0 aliphatic carbocycles. The second kappa shape index (κ2) is 8.02. The van der Waals surface area contributed by atoms with Crippen LogP contribution in [0.25, 0.3) is 10.8 Å². The van der Waals surface area contributed by atoms with Crippen LogP contribution in [0.5, 0.6) is 0 Å². The summed E-state index contributed by atoms with van der Waals surface area (Å²) in [6.45, 7) is 3.66. The van der Waals surface area contributed by atoms with Crippen LogP contribution in [0.4, 0.5) is 5.69 Å². The molecule has 3 rings (SSSR count). The lowest BCUT2D eigenvalue weighted by Crippen LogP contribution is -2.35. The van der Waals surface area contributed by atoms with Crippen LogP contribution in [0.1, 0.15) is 19.4 Å². The van der Waals surface area contributed by atoms with E-state index >= 15 is 0 Å². The Morgan fingerprint density at radius 3 is 2.42 bits per heavy atom. The Hall–Kier alpha value is -2.85. The van der Waals surface area contributed by atoms with Crippen molar-refractivity contribution in [3.05, 3.63) is 77.3 Å². The summed E-state index contributed by atoms with van der Waals surface area (Å²) in [6, 6.07) is 21.0. The molecular formula is C21H20ClN3O. The van der Waals surface area contributed by atoms with E-state index in [1.807, 2.05) is 37.3 Å². The summed E-state index contributed by atoms with van der Waals surface area (Å²) in [5, 5.41) is 10.3. The quantitative estimate of drug-likeness (QED) is 0.502. The first-order valence-electron chi connectivity index (χ1n) is 8.38. The van der Waals surface area contributed by atoms with Crippen LogP contribution in [-0.4, -0.2) is 17.7 Å². The van der Waals surface area contributed by atoms with Crippen LogP contribution in [0.3, 0.4) is 0 Å². The molecule has 0 aromatic heterocycles. The number of fused-ring (bicyclic) bond motifs is 1. The highest BCUT2D eigenvalue weighted by molar-refractivity contribution is 6.30. The molecule has 1 unspecified atom stereocenters. The molecule has 0 aliphatic rings. The van der Waals surface area contributed by atoms with Crippen molar-refractivity contribution in [1.82, 2.24) is 5.43 Å². The summed E-state index contributed by atoms with van der Waals surface area (Å²) in [5.74, 6) is -0.208. The standard InChI is InChI=1S/C21H20ClN3O/c1-14(17-8-7-16-5-3-4-6-18(16)13-17)24-25-21(26)15(2)23-20-11-9-19(22)10-12-20/h3-13,15,23H,1-2H3,(H,25,26). The van der Waals surface area contributed by atoms with Crippen LogP contribution in [0, 0.1) is 0 Å². The highest BCUT2D eigenvalue weighted by atomic mass is 35.5. The third-order valence-electron chi connectivity index (χ3n) is 4.12. The number of hydrazone groups is 1. The van der Waals surface area contributed by atoms with Crippen molar-refractivity contribution in [3.8, 4) is 0 Å². The second-order valence-corrected chi connectivity index (χ2v) is 6.54. The Morgan fingerprint density at radius 1 is 1.00 bits per heavy atom. The molecule has 3 aromatic rings. The van der Waals surface area contributed by atoms with Gasteiger partial charge in [0.05, 0.1) is 5.71 Å². The van der Waals surface area contributed by atoms with Gasteiger partial charge >= 0.3 is 0 Å². The van der Waals surface area contributed by atoms with Crippen LogP contribution in [0.15, 0.2) is 71.8 Å².